The van der Waals surface area contributed by atoms with Crippen molar-refractivity contribution in [2.24, 2.45) is 11.8 Å². The number of carbonyl (C=O) groups is 3. The molecule has 2 rings (SSSR count). The molecule has 0 aliphatic heterocycles. The van der Waals surface area contributed by atoms with Crippen molar-refractivity contribution in [3.8, 4) is 0 Å². The van der Waals surface area contributed by atoms with Crippen LogP contribution in [0.3, 0.4) is 0 Å². The number of carbonyl (C=O) groups excluding carboxylic acids is 3. The Kier molecular flexibility index (Phi) is 6.82. The monoisotopic (exact) mass is 366 g/mol. The predicted molar refractivity (Wildman–Crippen MR) is 93.8 cm³/mol. The third-order valence-electron chi connectivity index (χ3n) is 4.30. The first-order valence-electron chi connectivity index (χ1n) is 8.28. The Morgan fingerprint density at radius 1 is 1.32 bits per heavy atom. The SMILES string of the molecule is COC(=O)CN(Cc1ccccc1Cl)C(=O)CCNC(=O)[C@H]1C[C@@H]1C. The van der Waals surface area contributed by atoms with Crippen LogP contribution >= 0.6 is 11.6 Å². The molecular formula is C18H23ClN2O4. The summed E-state index contributed by atoms with van der Waals surface area (Å²) >= 11 is 6.13. The van der Waals surface area contributed by atoms with Gasteiger partial charge in [0.15, 0.2) is 0 Å². The highest BCUT2D eigenvalue weighted by Crippen LogP contribution is 2.37. The zero-order valence-corrected chi connectivity index (χ0v) is 15.2. The first kappa shape index (κ1) is 19.2. The van der Waals surface area contributed by atoms with Gasteiger partial charge in [-0.05, 0) is 24.0 Å². The Balaban J connectivity index is 1.91. The lowest BCUT2D eigenvalue weighted by molar-refractivity contribution is -0.147. The molecule has 0 radical (unpaired) electrons. The van der Waals surface area contributed by atoms with Gasteiger partial charge in [-0.1, -0.05) is 36.7 Å². The van der Waals surface area contributed by atoms with E-state index in [9.17, 15) is 14.4 Å². The van der Waals surface area contributed by atoms with Gasteiger partial charge in [0.25, 0.3) is 0 Å². The van der Waals surface area contributed by atoms with Crippen molar-refractivity contribution in [2.75, 3.05) is 20.2 Å². The number of ether oxygens (including phenoxy) is 1. The van der Waals surface area contributed by atoms with Crippen LogP contribution in [0.4, 0.5) is 0 Å². The van der Waals surface area contributed by atoms with Gasteiger partial charge in [0.1, 0.15) is 6.54 Å². The maximum atomic E-state index is 12.5. The van der Waals surface area contributed by atoms with E-state index < -0.39 is 5.97 Å². The Hall–Kier alpha value is -2.08. The number of benzene rings is 1. The van der Waals surface area contributed by atoms with Crippen LogP contribution in [0.15, 0.2) is 24.3 Å². The molecule has 7 heteroatoms. The van der Waals surface area contributed by atoms with Crippen molar-refractivity contribution in [1.82, 2.24) is 10.2 Å². The molecule has 25 heavy (non-hydrogen) atoms. The molecule has 1 aromatic carbocycles. The molecule has 0 heterocycles. The lowest BCUT2D eigenvalue weighted by atomic mass is 10.2. The quantitative estimate of drug-likeness (QED) is 0.714. The van der Waals surface area contributed by atoms with Crippen LogP contribution < -0.4 is 5.32 Å². The number of nitrogens with zero attached hydrogens (tertiary/aromatic N) is 1. The number of amides is 2. The van der Waals surface area contributed by atoms with Gasteiger partial charge in [-0.3, -0.25) is 14.4 Å². The van der Waals surface area contributed by atoms with Crippen LogP contribution in [0.25, 0.3) is 0 Å². The summed E-state index contributed by atoms with van der Waals surface area (Å²) in [5, 5.41) is 3.30. The molecule has 2 atom stereocenters. The summed E-state index contributed by atoms with van der Waals surface area (Å²) < 4.78 is 4.66. The topological polar surface area (TPSA) is 75.7 Å². The van der Waals surface area contributed by atoms with Crippen molar-refractivity contribution < 1.29 is 19.1 Å². The standard InChI is InChI=1S/C18H23ClN2O4/c1-12-9-14(12)18(24)20-8-7-16(22)21(11-17(23)25-2)10-13-5-3-4-6-15(13)19/h3-6,12,14H,7-11H2,1-2H3,(H,20,24)/t12-,14-/m0/s1. The minimum Gasteiger partial charge on any atom is -0.468 e. The van der Waals surface area contributed by atoms with Crippen molar-refractivity contribution in [1.29, 1.82) is 0 Å². The molecular weight excluding hydrogens is 344 g/mol. The van der Waals surface area contributed by atoms with Crippen molar-refractivity contribution in [3.05, 3.63) is 34.9 Å². The molecule has 0 saturated heterocycles. The number of nitrogens with one attached hydrogen (secondary N) is 1. The van der Waals surface area contributed by atoms with E-state index in [0.717, 1.165) is 12.0 Å². The molecule has 1 fully saturated rings. The normalized spacial score (nSPS) is 18.4. The molecule has 1 aliphatic rings. The summed E-state index contributed by atoms with van der Waals surface area (Å²) in [6.07, 6.45) is 1.02. The molecule has 1 saturated carbocycles. The Morgan fingerprint density at radius 3 is 2.60 bits per heavy atom. The maximum absolute atomic E-state index is 12.5. The summed E-state index contributed by atoms with van der Waals surface area (Å²) in [6.45, 7) is 2.33. The molecule has 0 spiro atoms. The summed E-state index contributed by atoms with van der Waals surface area (Å²) in [5.41, 5.74) is 0.747. The van der Waals surface area contributed by atoms with Gasteiger partial charge in [-0.15, -0.1) is 0 Å². The fourth-order valence-electron chi connectivity index (χ4n) is 2.55. The van der Waals surface area contributed by atoms with E-state index in [2.05, 4.69) is 10.1 Å². The lowest BCUT2D eigenvalue weighted by Gasteiger charge is -2.22. The summed E-state index contributed by atoms with van der Waals surface area (Å²) in [5.74, 6) is -0.257. The van der Waals surface area contributed by atoms with Crippen molar-refractivity contribution in [3.63, 3.8) is 0 Å². The van der Waals surface area contributed by atoms with Gasteiger partial charge in [0, 0.05) is 30.5 Å². The number of rotatable bonds is 8. The highest BCUT2D eigenvalue weighted by Gasteiger charge is 2.38. The van der Waals surface area contributed by atoms with Crippen LogP contribution in [-0.4, -0.2) is 42.9 Å². The Morgan fingerprint density at radius 2 is 2.00 bits per heavy atom. The highest BCUT2D eigenvalue weighted by molar-refractivity contribution is 6.31. The molecule has 0 bridgehead atoms. The van der Waals surface area contributed by atoms with E-state index in [1.54, 1.807) is 18.2 Å². The number of hydrogen-bond donors (Lipinski definition) is 1. The molecule has 0 aromatic heterocycles. The minimum atomic E-state index is -0.503. The van der Waals surface area contributed by atoms with E-state index in [1.807, 2.05) is 13.0 Å². The van der Waals surface area contributed by atoms with Crippen LogP contribution in [0.5, 0.6) is 0 Å². The molecule has 1 aliphatic carbocycles. The number of methoxy groups -OCH3 is 1. The van der Waals surface area contributed by atoms with Gasteiger partial charge in [-0.25, -0.2) is 0 Å². The average Bonchev–Trinajstić information content (AvgIpc) is 3.32. The molecule has 136 valence electrons. The fourth-order valence-corrected chi connectivity index (χ4v) is 2.75. The molecule has 0 unspecified atom stereocenters. The highest BCUT2D eigenvalue weighted by atomic mass is 35.5. The molecule has 1 N–H and O–H groups in total. The Bertz CT molecular complexity index is 650. The maximum Gasteiger partial charge on any atom is 0.325 e. The van der Waals surface area contributed by atoms with E-state index >= 15 is 0 Å². The number of hydrogen-bond acceptors (Lipinski definition) is 4. The van der Waals surface area contributed by atoms with Gasteiger partial charge < -0.3 is 15.0 Å². The Labute approximate surface area is 152 Å². The molecule has 2 amide bonds. The van der Waals surface area contributed by atoms with E-state index in [0.29, 0.717) is 10.9 Å². The third kappa shape index (κ3) is 5.74. The van der Waals surface area contributed by atoms with Gasteiger partial charge in [0.2, 0.25) is 11.8 Å². The largest absolute Gasteiger partial charge is 0.468 e. The summed E-state index contributed by atoms with van der Waals surface area (Å²) in [4.78, 5) is 37.3. The smallest absolute Gasteiger partial charge is 0.325 e. The van der Waals surface area contributed by atoms with Crippen LogP contribution in [0.2, 0.25) is 5.02 Å². The lowest BCUT2D eigenvalue weighted by Crippen LogP contribution is -2.38. The second-order valence-electron chi connectivity index (χ2n) is 6.28. The first-order chi connectivity index (χ1) is 11.9. The van der Waals surface area contributed by atoms with Crippen LogP contribution in [0.1, 0.15) is 25.3 Å². The van der Waals surface area contributed by atoms with Crippen molar-refractivity contribution in [2.45, 2.75) is 26.3 Å². The minimum absolute atomic E-state index is 0.00841. The second kappa shape index (κ2) is 8.85. The van der Waals surface area contributed by atoms with E-state index in [-0.39, 0.29) is 43.8 Å². The van der Waals surface area contributed by atoms with Gasteiger partial charge in [0.05, 0.1) is 7.11 Å². The first-order valence-corrected chi connectivity index (χ1v) is 8.66. The zero-order chi connectivity index (χ0) is 18.4. The zero-order valence-electron chi connectivity index (χ0n) is 14.5. The second-order valence-corrected chi connectivity index (χ2v) is 6.69. The average molecular weight is 367 g/mol. The van der Waals surface area contributed by atoms with Crippen LogP contribution in [0, 0.1) is 11.8 Å². The van der Waals surface area contributed by atoms with Gasteiger partial charge in [-0.2, -0.15) is 0 Å². The number of halogens is 1. The van der Waals surface area contributed by atoms with Crippen LogP contribution in [-0.2, 0) is 25.7 Å². The van der Waals surface area contributed by atoms with E-state index in [4.69, 9.17) is 11.6 Å². The predicted octanol–water partition coefficient (Wildman–Crippen LogP) is 2.00. The summed E-state index contributed by atoms with van der Waals surface area (Å²) in [6, 6.07) is 7.15. The third-order valence-corrected chi connectivity index (χ3v) is 4.67. The number of esters is 1. The van der Waals surface area contributed by atoms with E-state index in [1.165, 1.54) is 12.0 Å². The molecule has 6 nitrogen and oxygen atoms in total. The summed E-state index contributed by atoms with van der Waals surface area (Å²) in [7, 11) is 1.28. The van der Waals surface area contributed by atoms with Crippen molar-refractivity contribution >= 4 is 29.4 Å². The van der Waals surface area contributed by atoms with Gasteiger partial charge >= 0.3 is 5.97 Å². The molecule has 1 aromatic rings. The fraction of sp³-hybridized carbons (Fsp3) is 0.500.